The lowest BCUT2D eigenvalue weighted by Crippen LogP contribution is -2.16. The largest absolute Gasteiger partial charge is 0.310 e. The van der Waals surface area contributed by atoms with Gasteiger partial charge in [-0.05, 0) is 148 Å². The third-order valence-corrected chi connectivity index (χ3v) is 13.9. The first kappa shape index (κ1) is 38.4. The van der Waals surface area contributed by atoms with Crippen LogP contribution in [0.2, 0.25) is 0 Å². The minimum Gasteiger partial charge on any atom is -0.310 e. The number of para-hydroxylation sites is 1. The Morgan fingerprint density at radius 2 is 1.14 bits per heavy atom. The van der Waals surface area contributed by atoms with E-state index in [1.807, 2.05) is 6.08 Å². The third kappa shape index (κ3) is 5.98. The van der Waals surface area contributed by atoms with Crippen LogP contribution in [-0.2, 0) is 10.8 Å². The fraction of sp³-hybridized carbons (Fsp3) is 0.117. The number of rotatable bonds is 8. The van der Waals surface area contributed by atoms with Crippen LogP contribution in [0.25, 0.3) is 66.4 Å². The number of fused-ring (bicyclic) bond motifs is 9. The Morgan fingerprint density at radius 3 is 1.87 bits per heavy atom. The van der Waals surface area contributed by atoms with Gasteiger partial charge in [-0.15, -0.1) is 0 Å². The zero-order valence-electron chi connectivity index (χ0n) is 36.5. The molecule has 0 fully saturated rings. The van der Waals surface area contributed by atoms with Gasteiger partial charge in [0.2, 0.25) is 0 Å². The molecule has 8 aromatic carbocycles. The van der Waals surface area contributed by atoms with Gasteiger partial charge in [0, 0.05) is 50.4 Å². The fourth-order valence-electron chi connectivity index (χ4n) is 10.6. The molecule has 0 N–H and O–H groups in total. The Labute approximate surface area is 370 Å². The molecular weight excluding hydrogens is 763 g/mol. The van der Waals surface area contributed by atoms with Gasteiger partial charge in [-0.2, -0.15) is 0 Å². The lowest BCUT2D eigenvalue weighted by atomic mass is 9.82. The van der Waals surface area contributed by atoms with E-state index in [0.717, 1.165) is 22.5 Å². The molecule has 9 aromatic rings. The molecule has 0 bridgehead atoms. The van der Waals surface area contributed by atoms with Crippen LogP contribution in [0.3, 0.4) is 0 Å². The molecule has 3 nitrogen and oxygen atoms in total. The molecule has 304 valence electrons. The van der Waals surface area contributed by atoms with Crippen molar-refractivity contribution in [2.75, 3.05) is 4.90 Å². The molecule has 0 unspecified atom stereocenters. The number of anilines is 3. The van der Waals surface area contributed by atoms with Gasteiger partial charge in [0.15, 0.2) is 0 Å². The Kier molecular flexibility index (Phi) is 8.89. The van der Waals surface area contributed by atoms with E-state index in [1.165, 1.54) is 88.8 Å². The second-order valence-electron chi connectivity index (χ2n) is 18.2. The summed E-state index contributed by atoms with van der Waals surface area (Å²) in [4.78, 5) is 6.30. The number of hydrogen-bond donors (Lipinski definition) is 0. The van der Waals surface area contributed by atoms with Crippen LogP contribution in [0.1, 0.15) is 62.4 Å². The highest BCUT2D eigenvalue weighted by Gasteiger charge is 2.38. The monoisotopic (exact) mass is 811 g/mol. The van der Waals surface area contributed by atoms with Crippen LogP contribution in [0.5, 0.6) is 0 Å². The molecule has 2 aliphatic carbocycles. The molecular formula is C60H49N3. The summed E-state index contributed by atoms with van der Waals surface area (Å²) in [5.41, 5.74) is 22.2. The average molecular weight is 812 g/mol. The maximum absolute atomic E-state index is 3.86. The molecule has 11 rings (SSSR count). The average Bonchev–Trinajstić information content (AvgIpc) is 3.85. The molecule has 1 heterocycles. The van der Waals surface area contributed by atoms with E-state index in [0.29, 0.717) is 0 Å². The number of aliphatic imine (C=N–C) groups is 1. The number of allylic oxidation sites excluding steroid dienone is 3. The predicted octanol–water partition coefficient (Wildman–Crippen LogP) is 16.2. The predicted molar refractivity (Wildman–Crippen MR) is 268 cm³/mol. The van der Waals surface area contributed by atoms with Gasteiger partial charge in [0.05, 0.1) is 16.7 Å². The van der Waals surface area contributed by atoms with E-state index < -0.39 is 0 Å². The molecule has 0 saturated heterocycles. The zero-order valence-corrected chi connectivity index (χ0v) is 36.5. The van der Waals surface area contributed by atoms with Gasteiger partial charge < -0.3 is 9.47 Å². The van der Waals surface area contributed by atoms with Crippen molar-refractivity contribution in [2.24, 2.45) is 4.99 Å². The summed E-state index contributed by atoms with van der Waals surface area (Å²) in [6.07, 6.45) is 5.72. The smallest absolute Gasteiger partial charge is 0.0544 e. The normalized spacial score (nSPS) is 14.5. The van der Waals surface area contributed by atoms with Crippen LogP contribution in [0, 0.1) is 0 Å². The third-order valence-electron chi connectivity index (χ3n) is 13.9. The minimum atomic E-state index is -0.112. The van der Waals surface area contributed by atoms with E-state index in [4.69, 9.17) is 0 Å². The molecule has 0 aliphatic heterocycles. The zero-order chi connectivity index (χ0) is 43.0. The highest BCUT2D eigenvalue weighted by Crippen LogP contribution is 2.55. The van der Waals surface area contributed by atoms with E-state index in [2.05, 4.69) is 238 Å². The maximum Gasteiger partial charge on any atom is 0.0544 e. The lowest BCUT2D eigenvalue weighted by molar-refractivity contribution is 0.660. The highest BCUT2D eigenvalue weighted by atomic mass is 15.1. The minimum absolute atomic E-state index is 0.0862. The van der Waals surface area contributed by atoms with Crippen molar-refractivity contribution in [1.82, 2.24) is 4.57 Å². The van der Waals surface area contributed by atoms with Crippen molar-refractivity contribution in [3.8, 4) is 39.1 Å². The van der Waals surface area contributed by atoms with Gasteiger partial charge in [0.25, 0.3) is 0 Å². The summed E-state index contributed by atoms with van der Waals surface area (Å²) in [7, 11) is 0. The topological polar surface area (TPSA) is 20.5 Å². The second kappa shape index (κ2) is 14.6. The molecule has 1 aromatic heterocycles. The van der Waals surface area contributed by atoms with E-state index >= 15 is 0 Å². The molecule has 3 heteroatoms. The summed E-state index contributed by atoms with van der Waals surface area (Å²) in [5.74, 6) is 0. The van der Waals surface area contributed by atoms with Crippen molar-refractivity contribution in [3.05, 3.63) is 222 Å². The summed E-state index contributed by atoms with van der Waals surface area (Å²) in [6, 6.07) is 65.5. The van der Waals surface area contributed by atoms with Gasteiger partial charge in [0.1, 0.15) is 0 Å². The Hall–Kier alpha value is -7.49. The van der Waals surface area contributed by atoms with Crippen LogP contribution in [0.4, 0.5) is 17.1 Å². The van der Waals surface area contributed by atoms with Gasteiger partial charge in [-0.1, -0.05) is 143 Å². The number of benzene rings is 8. The summed E-state index contributed by atoms with van der Waals surface area (Å²) in [5, 5.41) is 2.52. The van der Waals surface area contributed by atoms with Gasteiger partial charge in [-0.25, -0.2) is 0 Å². The van der Waals surface area contributed by atoms with Gasteiger partial charge >= 0.3 is 0 Å². The number of hydrogen-bond acceptors (Lipinski definition) is 2. The first-order valence-electron chi connectivity index (χ1n) is 22.0. The van der Waals surface area contributed by atoms with Crippen molar-refractivity contribution < 1.29 is 0 Å². The maximum atomic E-state index is 3.86. The van der Waals surface area contributed by atoms with Crippen molar-refractivity contribution in [1.29, 1.82) is 0 Å². The van der Waals surface area contributed by atoms with E-state index in [1.54, 1.807) is 6.20 Å². The second-order valence-corrected chi connectivity index (χ2v) is 18.2. The first-order chi connectivity index (χ1) is 30.6. The molecule has 0 saturated carbocycles. The van der Waals surface area contributed by atoms with Gasteiger partial charge in [-0.3, -0.25) is 4.99 Å². The van der Waals surface area contributed by atoms with Crippen LogP contribution < -0.4 is 4.90 Å². The van der Waals surface area contributed by atoms with Crippen LogP contribution in [-0.4, -0.2) is 11.3 Å². The quantitative estimate of drug-likeness (QED) is 0.111. The summed E-state index contributed by atoms with van der Waals surface area (Å²) >= 11 is 0. The summed E-state index contributed by atoms with van der Waals surface area (Å²) < 4.78 is 2.45. The molecule has 0 spiro atoms. The first-order valence-corrected chi connectivity index (χ1v) is 22.0. The molecule has 63 heavy (non-hydrogen) atoms. The van der Waals surface area contributed by atoms with Crippen molar-refractivity contribution in [3.63, 3.8) is 0 Å². The molecule has 0 amide bonds. The van der Waals surface area contributed by atoms with E-state index in [9.17, 15) is 0 Å². The summed E-state index contributed by atoms with van der Waals surface area (Å²) in [6.45, 7) is 15.1. The SMILES string of the molecule is C=N/C=C\C=C(/C)c1ccc(N(c2ccc(-c3ccc4c(c3)c3cc5c(cc3n4-c3ccccc3)C(C)(C)c3ccccc3-5)cc2)c2cccc3c2-c2ccccc2C3(C)C)cc1. The van der Waals surface area contributed by atoms with Crippen molar-refractivity contribution in [2.45, 2.75) is 45.4 Å². The molecule has 0 atom stereocenters. The standard InChI is InChI=1S/C60H49N3/c1-39(16-15-35-61-6)40-25-30-44(31-26-40)62(56-24-14-23-53-58(56)47-20-11-13-22-52(47)59(53,2)3)45-32-27-41(28-33-45)42-29-34-55-49(36-42)50-37-48-46-19-10-12-21-51(46)60(4,5)54(48)38-57(50)63(55)43-17-8-7-9-18-43/h7-38H,6H2,1-5H3/b35-15-,39-16+. The fourth-order valence-corrected chi connectivity index (χ4v) is 10.6. The lowest BCUT2D eigenvalue weighted by Gasteiger charge is -2.29. The van der Waals surface area contributed by atoms with Crippen LogP contribution >= 0.6 is 0 Å². The Balaban J connectivity index is 1.05. The highest BCUT2D eigenvalue weighted by molar-refractivity contribution is 6.13. The number of aromatic nitrogens is 1. The molecule has 0 radical (unpaired) electrons. The van der Waals surface area contributed by atoms with Crippen LogP contribution in [0.15, 0.2) is 199 Å². The Bertz CT molecular complexity index is 3340. The van der Waals surface area contributed by atoms with E-state index in [-0.39, 0.29) is 10.8 Å². The van der Waals surface area contributed by atoms with Crippen molar-refractivity contribution >= 4 is 51.2 Å². The Morgan fingerprint density at radius 1 is 0.540 bits per heavy atom. The molecule has 2 aliphatic rings. The number of nitrogens with zero attached hydrogens (tertiary/aromatic N) is 3.